The van der Waals surface area contributed by atoms with E-state index in [2.05, 4.69) is 35.5 Å². The molecule has 2 heteroatoms. The Kier molecular flexibility index (Phi) is 3.37. The van der Waals surface area contributed by atoms with E-state index in [1.165, 1.54) is 15.7 Å². The van der Waals surface area contributed by atoms with E-state index in [9.17, 15) is 0 Å². The van der Waals surface area contributed by atoms with Crippen molar-refractivity contribution in [1.82, 2.24) is 4.98 Å². The van der Waals surface area contributed by atoms with Gasteiger partial charge in [-0.15, -0.1) is 5.73 Å². The molecule has 0 saturated carbocycles. The summed E-state index contributed by atoms with van der Waals surface area (Å²) in [5.74, 6) is 0. The van der Waals surface area contributed by atoms with E-state index in [0.717, 1.165) is 16.5 Å². The smallest absolute Gasteiger partial charge is 0.0343 e. The van der Waals surface area contributed by atoms with E-state index < -0.39 is 0 Å². The lowest BCUT2D eigenvalue weighted by molar-refractivity contribution is 1.25. The minimum absolute atomic E-state index is 0.894. The second-order valence-corrected chi connectivity index (χ2v) is 5.52. The van der Waals surface area contributed by atoms with Crippen LogP contribution in [0.2, 0.25) is 0 Å². The largest absolute Gasteiger partial charge is 0.264 e. The van der Waals surface area contributed by atoms with Crippen molar-refractivity contribution in [3.63, 3.8) is 0 Å². The molecule has 1 aromatic rings. The number of hydrogen-bond acceptors (Lipinski definition) is 2. The minimum Gasteiger partial charge on any atom is -0.264 e. The Balaban J connectivity index is 2.18. The van der Waals surface area contributed by atoms with E-state index >= 15 is 0 Å². The topological polar surface area (TPSA) is 12.9 Å². The van der Waals surface area contributed by atoms with Crippen molar-refractivity contribution in [2.45, 2.75) is 6.42 Å². The van der Waals surface area contributed by atoms with Gasteiger partial charge in [-0.3, -0.25) is 4.98 Å². The highest BCUT2D eigenvalue weighted by molar-refractivity contribution is 8.07. The summed E-state index contributed by atoms with van der Waals surface area (Å²) >= 11 is 1.69. The molecular formula is C17H13NS. The normalized spacial score (nSPS) is 20.9. The molecule has 0 spiro atoms. The zero-order valence-corrected chi connectivity index (χ0v) is 11.3. The maximum absolute atomic E-state index is 4.20. The van der Waals surface area contributed by atoms with E-state index in [0.29, 0.717) is 0 Å². The van der Waals surface area contributed by atoms with Gasteiger partial charge in [-0.2, -0.15) is 0 Å². The molecule has 92 valence electrons. The molecule has 1 nitrogen and oxygen atoms in total. The van der Waals surface area contributed by atoms with Crippen LogP contribution in [-0.4, -0.2) is 4.98 Å². The van der Waals surface area contributed by atoms with Crippen LogP contribution in [0.15, 0.2) is 70.5 Å². The first-order valence-electron chi connectivity index (χ1n) is 6.14. The monoisotopic (exact) mass is 263 g/mol. The molecule has 0 bridgehead atoms. The third kappa shape index (κ3) is 2.70. The van der Waals surface area contributed by atoms with Crippen LogP contribution in [0.1, 0.15) is 6.42 Å². The number of nitrogens with zero attached hydrogens (tertiary/aromatic N) is 1. The van der Waals surface area contributed by atoms with Crippen LogP contribution < -0.4 is 10.4 Å². The first kappa shape index (κ1) is 12.0. The average Bonchev–Trinajstić information content (AvgIpc) is 2.59. The van der Waals surface area contributed by atoms with Crippen LogP contribution in [0, 0.1) is 0 Å². The van der Waals surface area contributed by atoms with Gasteiger partial charge in [0.05, 0.1) is 0 Å². The summed E-state index contributed by atoms with van der Waals surface area (Å²) in [5, 5.41) is 2.33. The minimum atomic E-state index is 0.894. The van der Waals surface area contributed by atoms with Crippen LogP contribution in [0.25, 0.3) is 12.2 Å². The Morgan fingerprint density at radius 1 is 1.32 bits per heavy atom. The lowest BCUT2D eigenvalue weighted by Crippen LogP contribution is -2.24. The molecule has 0 N–H and O–H groups in total. The van der Waals surface area contributed by atoms with Crippen LogP contribution in [-0.2, 0) is 0 Å². The van der Waals surface area contributed by atoms with Gasteiger partial charge in [0.1, 0.15) is 0 Å². The molecule has 1 aliphatic heterocycles. The highest BCUT2D eigenvalue weighted by Gasteiger charge is 2.06. The first-order chi connectivity index (χ1) is 9.33. The van der Waals surface area contributed by atoms with Gasteiger partial charge >= 0.3 is 0 Å². The van der Waals surface area contributed by atoms with E-state index in [-0.39, 0.29) is 0 Å². The summed E-state index contributed by atoms with van der Waals surface area (Å²) < 4.78 is 0. The molecule has 3 rings (SSSR count). The molecule has 0 unspecified atom stereocenters. The maximum atomic E-state index is 4.20. The van der Waals surface area contributed by atoms with Gasteiger partial charge < -0.3 is 0 Å². The van der Waals surface area contributed by atoms with Crippen molar-refractivity contribution < 1.29 is 0 Å². The molecule has 0 atom stereocenters. The fourth-order valence-electron chi connectivity index (χ4n) is 2.07. The number of aromatic nitrogens is 1. The highest BCUT2D eigenvalue weighted by atomic mass is 32.2. The summed E-state index contributed by atoms with van der Waals surface area (Å²) in [6.07, 6.45) is 17.1. The summed E-state index contributed by atoms with van der Waals surface area (Å²) in [6.45, 7) is 4.13. The predicted octanol–water partition coefficient (Wildman–Crippen LogP) is 2.83. The zero-order valence-electron chi connectivity index (χ0n) is 10.5. The maximum Gasteiger partial charge on any atom is 0.0343 e. The average molecular weight is 263 g/mol. The Bertz CT molecular complexity index is 772. The molecule has 0 amide bonds. The summed E-state index contributed by atoms with van der Waals surface area (Å²) in [4.78, 5) is 6.44. The van der Waals surface area contributed by atoms with Crippen LogP contribution in [0.5, 0.6) is 0 Å². The van der Waals surface area contributed by atoms with Gasteiger partial charge in [0.15, 0.2) is 0 Å². The van der Waals surface area contributed by atoms with Crippen LogP contribution >= 0.6 is 11.8 Å². The number of rotatable bonds is 0. The van der Waals surface area contributed by atoms with Gasteiger partial charge in [-0.25, -0.2) is 0 Å². The van der Waals surface area contributed by atoms with Crippen molar-refractivity contribution in [2.24, 2.45) is 0 Å². The van der Waals surface area contributed by atoms with Gasteiger partial charge in [-0.1, -0.05) is 36.6 Å². The van der Waals surface area contributed by atoms with Crippen molar-refractivity contribution in [1.29, 1.82) is 0 Å². The van der Waals surface area contributed by atoms with Crippen molar-refractivity contribution in [2.75, 3.05) is 0 Å². The Hall–Kier alpha value is -2.02. The second-order valence-electron chi connectivity index (χ2n) is 4.35. The highest BCUT2D eigenvalue weighted by Crippen LogP contribution is 2.31. The third-order valence-electron chi connectivity index (χ3n) is 3.01. The first-order valence-corrected chi connectivity index (χ1v) is 6.95. The van der Waals surface area contributed by atoms with E-state index in [1.807, 2.05) is 36.7 Å². The molecular weight excluding hydrogens is 250 g/mol. The van der Waals surface area contributed by atoms with Crippen LogP contribution in [0.4, 0.5) is 0 Å². The lowest BCUT2D eigenvalue weighted by atomic mass is 10.1. The SMILES string of the molecule is C=C1/C=c2/ccnc/c2=C/CC2=C(C=C=CC=C2)S1. The number of thioether (sulfide) groups is 1. The summed E-state index contributed by atoms with van der Waals surface area (Å²) in [7, 11) is 0. The van der Waals surface area contributed by atoms with E-state index in [4.69, 9.17) is 0 Å². The number of fused-ring (bicyclic) bond motifs is 1. The molecule has 0 aromatic carbocycles. The van der Waals surface area contributed by atoms with Crippen LogP contribution in [0.3, 0.4) is 0 Å². The molecule has 19 heavy (non-hydrogen) atoms. The number of allylic oxidation sites excluding steroid dienone is 5. The Labute approximate surface area is 116 Å². The van der Waals surface area contributed by atoms with Crippen molar-refractivity contribution in [3.05, 3.63) is 80.9 Å². The van der Waals surface area contributed by atoms with Gasteiger partial charge in [-0.05, 0) is 46.7 Å². The summed E-state index contributed by atoms with van der Waals surface area (Å²) in [5.41, 5.74) is 4.45. The van der Waals surface area contributed by atoms with Gasteiger partial charge in [0, 0.05) is 22.2 Å². The van der Waals surface area contributed by atoms with Gasteiger partial charge in [0.25, 0.3) is 0 Å². The lowest BCUT2D eigenvalue weighted by Gasteiger charge is -2.05. The zero-order chi connectivity index (χ0) is 13.1. The Morgan fingerprint density at radius 3 is 3.21 bits per heavy atom. The third-order valence-corrected chi connectivity index (χ3v) is 3.99. The molecule has 0 radical (unpaired) electrons. The molecule has 1 aliphatic carbocycles. The standard InChI is InChI=1S/C17H13NS/c1-13-11-15-9-10-18-12-16(15)8-7-14-5-3-2-4-6-17(14)19-13/h2-3,5-6,8-12H,1,7H2/b15-11-,16-8-. The molecule has 2 heterocycles. The number of pyridine rings is 1. The molecule has 2 aliphatic rings. The van der Waals surface area contributed by atoms with Crippen molar-refractivity contribution >= 4 is 23.9 Å². The molecule has 0 saturated heterocycles. The number of hydrogen-bond donors (Lipinski definition) is 0. The fraction of sp³-hybridized carbons (Fsp3) is 0.0588. The van der Waals surface area contributed by atoms with Crippen molar-refractivity contribution in [3.8, 4) is 0 Å². The molecule has 1 aromatic heterocycles. The van der Waals surface area contributed by atoms with Gasteiger partial charge in [0.2, 0.25) is 0 Å². The predicted molar refractivity (Wildman–Crippen MR) is 82.6 cm³/mol. The van der Waals surface area contributed by atoms with E-state index in [1.54, 1.807) is 11.8 Å². The fourth-order valence-corrected chi connectivity index (χ4v) is 2.94. The summed E-state index contributed by atoms with van der Waals surface area (Å²) in [6, 6.07) is 2.03. The molecule has 0 fully saturated rings. The Morgan fingerprint density at radius 2 is 2.26 bits per heavy atom. The second kappa shape index (κ2) is 5.31. The quantitative estimate of drug-likeness (QED) is 0.668.